The van der Waals surface area contributed by atoms with E-state index in [0.29, 0.717) is 6.54 Å². The molecule has 0 N–H and O–H groups in total. The van der Waals surface area contributed by atoms with E-state index in [4.69, 9.17) is 10.1 Å². The highest BCUT2D eigenvalue weighted by molar-refractivity contribution is 7.07. The molecule has 1 aliphatic rings. The highest BCUT2D eigenvalue weighted by Crippen LogP contribution is 2.24. The van der Waals surface area contributed by atoms with Crippen molar-refractivity contribution in [1.82, 2.24) is 4.68 Å². The fraction of sp³-hybridized carbons (Fsp3) is 0.273. The van der Waals surface area contributed by atoms with Crippen LogP contribution in [0.5, 0.6) is 0 Å². The molecule has 0 spiro atoms. The number of hydrogen-bond donors (Lipinski definition) is 0. The molecule has 4 rings (SSSR count). The lowest BCUT2D eigenvalue weighted by Gasteiger charge is -2.05. The van der Waals surface area contributed by atoms with Crippen molar-refractivity contribution < 1.29 is 4.92 Å². The van der Waals surface area contributed by atoms with E-state index < -0.39 is 0 Å². The van der Waals surface area contributed by atoms with E-state index in [1.807, 2.05) is 28.3 Å². The Labute approximate surface area is 173 Å². The maximum Gasteiger partial charge on any atom is 0.269 e. The Hall–Kier alpha value is -3.06. The fourth-order valence-electron chi connectivity index (χ4n) is 3.41. The van der Waals surface area contributed by atoms with Gasteiger partial charge in [-0.15, -0.1) is 11.3 Å². The first-order valence-electron chi connectivity index (χ1n) is 9.77. The molecule has 2 aromatic carbocycles. The van der Waals surface area contributed by atoms with Gasteiger partial charge in [0.15, 0.2) is 0 Å². The van der Waals surface area contributed by atoms with E-state index in [2.05, 4.69) is 12.1 Å². The molecule has 0 radical (unpaired) electrons. The molecule has 0 bridgehead atoms. The van der Waals surface area contributed by atoms with E-state index in [-0.39, 0.29) is 10.6 Å². The number of benzene rings is 2. The van der Waals surface area contributed by atoms with E-state index in [1.54, 1.807) is 23.5 Å². The normalized spacial score (nSPS) is 14.3. The zero-order chi connectivity index (χ0) is 20.1. The zero-order valence-electron chi connectivity index (χ0n) is 16.0. The van der Waals surface area contributed by atoms with Gasteiger partial charge >= 0.3 is 0 Å². The number of nitrogens with zero attached hydrogens (tertiary/aromatic N) is 4. The number of aromatic nitrogens is 1. The summed E-state index contributed by atoms with van der Waals surface area (Å²) in [6, 6.07) is 16.9. The summed E-state index contributed by atoms with van der Waals surface area (Å²) < 4.78 is 1.91. The summed E-state index contributed by atoms with van der Waals surface area (Å²) in [6.07, 6.45) is 5.27. The topological polar surface area (TPSA) is 72.8 Å². The fourth-order valence-corrected chi connectivity index (χ4v) is 4.26. The minimum Gasteiger partial charge on any atom is -0.258 e. The zero-order valence-corrected chi connectivity index (χ0v) is 16.8. The minimum atomic E-state index is -0.380. The van der Waals surface area contributed by atoms with Crippen molar-refractivity contribution in [3.05, 3.63) is 80.5 Å². The van der Waals surface area contributed by atoms with Crippen molar-refractivity contribution in [2.45, 2.75) is 32.1 Å². The first kappa shape index (κ1) is 19.3. The van der Waals surface area contributed by atoms with Gasteiger partial charge in [0, 0.05) is 35.3 Å². The van der Waals surface area contributed by atoms with Gasteiger partial charge in [-0.3, -0.25) is 15.1 Å². The molecule has 1 heterocycles. The summed E-state index contributed by atoms with van der Waals surface area (Å²) in [4.78, 5) is 16.2. The average Bonchev–Trinajstić information content (AvgIpc) is 3.40. The van der Waals surface area contributed by atoms with E-state index in [1.165, 1.54) is 36.2 Å². The third-order valence-electron chi connectivity index (χ3n) is 4.97. The summed E-state index contributed by atoms with van der Waals surface area (Å²) in [6.45, 7) is 0.690. The summed E-state index contributed by atoms with van der Waals surface area (Å²) in [5.74, 6) is 0. The molecule has 6 nitrogen and oxygen atoms in total. The minimum absolute atomic E-state index is 0.0883. The lowest BCUT2D eigenvalue weighted by molar-refractivity contribution is -0.384. The van der Waals surface area contributed by atoms with Gasteiger partial charge in [-0.05, 0) is 49.8 Å². The van der Waals surface area contributed by atoms with E-state index in [9.17, 15) is 10.1 Å². The number of non-ortho nitro benzene ring substituents is 1. The summed E-state index contributed by atoms with van der Waals surface area (Å²) in [7, 11) is 0. The van der Waals surface area contributed by atoms with Gasteiger partial charge in [-0.1, -0.05) is 30.3 Å². The van der Waals surface area contributed by atoms with Crippen molar-refractivity contribution >= 4 is 22.7 Å². The molecule has 0 unspecified atom stereocenters. The Morgan fingerprint density at radius 1 is 1.03 bits per heavy atom. The average molecular weight is 407 g/mol. The largest absolute Gasteiger partial charge is 0.269 e. The second-order valence-corrected chi connectivity index (χ2v) is 7.85. The SMILES string of the molecule is O=[N+]([O-])c1ccc(-c2csc(=NCCc3ccccc3)n2N=C2CCCC2)cc1. The smallest absolute Gasteiger partial charge is 0.258 e. The molecule has 0 atom stereocenters. The van der Waals surface area contributed by atoms with Crippen LogP contribution in [0.3, 0.4) is 0 Å². The molecule has 1 aromatic heterocycles. The van der Waals surface area contributed by atoms with Gasteiger partial charge < -0.3 is 0 Å². The van der Waals surface area contributed by atoms with Crippen LogP contribution in [-0.2, 0) is 6.42 Å². The molecule has 0 saturated heterocycles. The van der Waals surface area contributed by atoms with Crippen molar-refractivity contribution in [2.24, 2.45) is 10.1 Å². The molecular formula is C22H22N4O2S. The van der Waals surface area contributed by atoms with Gasteiger partial charge in [0.2, 0.25) is 4.80 Å². The molecular weight excluding hydrogens is 384 g/mol. The monoisotopic (exact) mass is 406 g/mol. The first-order chi connectivity index (χ1) is 14.2. The lowest BCUT2D eigenvalue weighted by Crippen LogP contribution is -2.14. The van der Waals surface area contributed by atoms with Crippen LogP contribution in [0.4, 0.5) is 5.69 Å². The Balaban J connectivity index is 1.67. The van der Waals surface area contributed by atoms with E-state index in [0.717, 1.165) is 35.3 Å². The number of nitro groups is 1. The predicted molar refractivity (Wildman–Crippen MR) is 116 cm³/mol. The van der Waals surface area contributed by atoms with Crippen molar-refractivity contribution in [3.8, 4) is 11.3 Å². The molecule has 0 amide bonds. The summed E-state index contributed by atoms with van der Waals surface area (Å²) in [5.41, 5.74) is 4.36. The molecule has 3 aromatic rings. The van der Waals surface area contributed by atoms with E-state index >= 15 is 0 Å². The van der Waals surface area contributed by atoms with Gasteiger partial charge in [0.1, 0.15) is 0 Å². The Bertz CT molecular complexity index is 1070. The maximum absolute atomic E-state index is 11.0. The van der Waals surface area contributed by atoms with Crippen LogP contribution in [0.25, 0.3) is 11.3 Å². The molecule has 7 heteroatoms. The third kappa shape index (κ3) is 4.68. The molecule has 0 aliphatic heterocycles. The lowest BCUT2D eigenvalue weighted by atomic mass is 10.1. The van der Waals surface area contributed by atoms with Crippen LogP contribution in [-0.4, -0.2) is 21.9 Å². The number of rotatable bonds is 6. The van der Waals surface area contributed by atoms with Gasteiger partial charge in [-0.2, -0.15) is 5.10 Å². The molecule has 29 heavy (non-hydrogen) atoms. The first-order valence-corrected chi connectivity index (χ1v) is 10.7. The highest BCUT2D eigenvalue weighted by Gasteiger charge is 2.13. The van der Waals surface area contributed by atoms with Crippen LogP contribution in [0, 0.1) is 10.1 Å². The molecule has 1 saturated carbocycles. The van der Waals surface area contributed by atoms with Crippen LogP contribution in [0.15, 0.2) is 70.1 Å². The van der Waals surface area contributed by atoms with Gasteiger partial charge in [0.05, 0.1) is 10.6 Å². The van der Waals surface area contributed by atoms with Gasteiger partial charge in [-0.25, -0.2) is 4.68 Å². The number of hydrogen-bond acceptors (Lipinski definition) is 5. The Kier molecular flexibility index (Phi) is 5.95. The second kappa shape index (κ2) is 8.96. The quantitative estimate of drug-likeness (QED) is 0.425. The maximum atomic E-state index is 11.0. The molecule has 148 valence electrons. The van der Waals surface area contributed by atoms with Crippen LogP contribution < -0.4 is 4.80 Å². The van der Waals surface area contributed by atoms with Crippen LogP contribution in [0.2, 0.25) is 0 Å². The van der Waals surface area contributed by atoms with Crippen molar-refractivity contribution in [1.29, 1.82) is 0 Å². The molecule has 1 aliphatic carbocycles. The van der Waals surface area contributed by atoms with Crippen molar-refractivity contribution in [2.75, 3.05) is 6.54 Å². The van der Waals surface area contributed by atoms with Crippen LogP contribution in [0.1, 0.15) is 31.2 Å². The standard InChI is InChI=1S/C22H22N4O2S/c27-26(28)20-12-10-18(11-13-20)21-16-29-22(25(21)24-19-8-4-5-9-19)23-15-14-17-6-2-1-3-7-17/h1-3,6-7,10-13,16H,4-5,8-9,14-15H2. The third-order valence-corrected chi connectivity index (χ3v) is 5.83. The summed E-state index contributed by atoms with van der Waals surface area (Å²) >= 11 is 1.56. The highest BCUT2D eigenvalue weighted by atomic mass is 32.1. The summed E-state index contributed by atoms with van der Waals surface area (Å²) in [5, 5.41) is 17.9. The second-order valence-electron chi connectivity index (χ2n) is 7.01. The number of nitro benzene ring substituents is 1. The van der Waals surface area contributed by atoms with Gasteiger partial charge in [0.25, 0.3) is 5.69 Å². The Morgan fingerprint density at radius 2 is 1.76 bits per heavy atom. The van der Waals surface area contributed by atoms with Crippen LogP contribution >= 0.6 is 11.3 Å². The predicted octanol–water partition coefficient (Wildman–Crippen LogP) is 5.05. The van der Waals surface area contributed by atoms with Crippen molar-refractivity contribution in [3.63, 3.8) is 0 Å². The molecule has 1 fully saturated rings. The number of thiazole rings is 1. The Morgan fingerprint density at radius 3 is 2.45 bits per heavy atom.